The molecule has 0 aliphatic carbocycles. The molecule has 0 saturated carbocycles. The molecule has 0 bridgehead atoms. The Morgan fingerprint density at radius 1 is 1.19 bits per heavy atom. The van der Waals surface area contributed by atoms with Crippen molar-refractivity contribution in [2.45, 2.75) is 20.0 Å². The average molecular weight is 307 g/mol. The number of halogens is 1. The smallest absolute Gasteiger partial charge is 0.0843 e. The van der Waals surface area contributed by atoms with Crippen LogP contribution in [0.25, 0.3) is 10.9 Å². The highest BCUT2D eigenvalue weighted by atomic mass is 35.5. The minimum Gasteiger partial charge on any atom is -0.316 e. The number of hydrogen-bond acceptors (Lipinski definition) is 3. The number of aryl methyl sites for hydroxylation is 1. The molecule has 4 rings (SSSR count). The van der Waals surface area contributed by atoms with E-state index in [2.05, 4.69) is 46.1 Å². The molecule has 0 radical (unpaired) electrons. The van der Waals surface area contributed by atoms with Crippen LogP contribution < -0.4 is 5.32 Å². The van der Waals surface area contributed by atoms with Crippen molar-refractivity contribution in [1.82, 2.24) is 20.0 Å². The summed E-state index contributed by atoms with van der Waals surface area (Å²) < 4.78 is 2.13. The molecule has 2 aliphatic rings. The van der Waals surface area contributed by atoms with Crippen molar-refractivity contribution in [3.05, 3.63) is 30.0 Å². The molecule has 3 heterocycles. The minimum absolute atomic E-state index is 0. The van der Waals surface area contributed by atoms with Gasteiger partial charge in [-0.25, -0.2) is 0 Å². The summed E-state index contributed by atoms with van der Waals surface area (Å²) >= 11 is 0. The fourth-order valence-corrected chi connectivity index (χ4v) is 3.85. The Kier molecular flexibility index (Phi) is 4.20. The Labute approximate surface area is 131 Å². The van der Waals surface area contributed by atoms with Gasteiger partial charge in [-0.2, -0.15) is 5.10 Å². The topological polar surface area (TPSA) is 33.1 Å². The van der Waals surface area contributed by atoms with Gasteiger partial charge in [0.15, 0.2) is 0 Å². The average Bonchev–Trinajstić information content (AvgIpc) is 3.12. The molecule has 4 nitrogen and oxygen atoms in total. The molecule has 2 aliphatic heterocycles. The molecule has 2 atom stereocenters. The number of nitrogens with zero attached hydrogens (tertiary/aromatic N) is 3. The Bertz CT molecular complexity index is 612. The Hall–Kier alpha value is -1.10. The first-order valence-corrected chi connectivity index (χ1v) is 7.72. The number of rotatable bonds is 3. The van der Waals surface area contributed by atoms with Gasteiger partial charge in [-0.15, -0.1) is 12.4 Å². The largest absolute Gasteiger partial charge is 0.316 e. The third-order valence-corrected chi connectivity index (χ3v) is 4.87. The fourth-order valence-electron chi connectivity index (χ4n) is 3.85. The normalized spacial score (nSPS) is 25.2. The maximum Gasteiger partial charge on any atom is 0.0843 e. The Morgan fingerprint density at radius 2 is 1.90 bits per heavy atom. The van der Waals surface area contributed by atoms with Gasteiger partial charge in [0.25, 0.3) is 0 Å². The third kappa shape index (κ3) is 2.56. The molecular formula is C16H23ClN4. The minimum atomic E-state index is 0. The molecule has 0 spiro atoms. The molecule has 21 heavy (non-hydrogen) atoms. The van der Waals surface area contributed by atoms with Crippen LogP contribution >= 0.6 is 12.4 Å². The lowest BCUT2D eigenvalue weighted by atomic mass is 10.0. The number of para-hydroxylation sites is 1. The van der Waals surface area contributed by atoms with Crippen LogP contribution in [0, 0.1) is 11.8 Å². The molecule has 2 saturated heterocycles. The number of nitrogens with one attached hydrogen (secondary N) is 1. The molecule has 1 N–H and O–H groups in total. The van der Waals surface area contributed by atoms with Crippen molar-refractivity contribution in [3.8, 4) is 0 Å². The monoisotopic (exact) mass is 306 g/mol. The Morgan fingerprint density at radius 3 is 2.62 bits per heavy atom. The lowest BCUT2D eigenvalue weighted by molar-refractivity contribution is 0.301. The molecule has 0 amide bonds. The van der Waals surface area contributed by atoms with Crippen LogP contribution in [0.15, 0.2) is 24.3 Å². The zero-order chi connectivity index (χ0) is 13.5. The highest BCUT2D eigenvalue weighted by Crippen LogP contribution is 2.28. The number of fused-ring (bicyclic) bond motifs is 2. The summed E-state index contributed by atoms with van der Waals surface area (Å²) in [5, 5.41) is 9.65. The second-order valence-corrected chi connectivity index (χ2v) is 6.15. The second kappa shape index (κ2) is 5.95. The zero-order valence-electron chi connectivity index (χ0n) is 12.5. The van der Waals surface area contributed by atoms with Gasteiger partial charge >= 0.3 is 0 Å². The van der Waals surface area contributed by atoms with Crippen LogP contribution in [-0.2, 0) is 13.1 Å². The van der Waals surface area contributed by atoms with E-state index in [1.54, 1.807) is 0 Å². The molecule has 114 valence electrons. The summed E-state index contributed by atoms with van der Waals surface area (Å²) in [5.74, 6) is 1.71. The van der Waals surface area contributed by atoms with Gasteiger partial charge in [0, 0.05) is 31.6 Å². The summed E-state index contributed by atoms with van der Waals surface area (Å²) in [6.45, 7) is 8.96. The van der Waals surface area contributed by atoms with Gasteiger partial charge in [-0.1, -0.05) is 18.2 Å². The first kappa shape index (κ1) is 14.8. The van der Waals surface area contributed by atoms with Gasteiger partial charge < -0.3 is 5.32 Å². The lowest BCUT2D eigenvalue weighted by Gasteiger charge is -2.15. The first-order chi connectivity index (χ1) is 9.85. The van der Waals surface area contributed by atoms with Gasteiger partial charge in [-0.3, -0.25) is 9.58 Å². The number of aromatic nitrogens is 2. The standard InChI is InChI=1S/C16H22N4.ClH/c1-2-20-16-6-4-3-5-14(16)15(18-20)11-19-9-12-7-17-8-13(12)10-19;/h3-6,12-13,17H,2,7-11H2,1H3;1H/t12-,13+;. The second-order valence-electron chi connectivity index (χ2n) is 6.15. The van der Waals surface area contributed by atoms with E-state index in [0.717, 1.165) is 24.9 Å². The van der Waals surface area contributed by atoms with Crippen LogP contribution in [0.4, 0.5) is 0 Å². The van der Waals surface area contributed by atoms with E-state index in [0.29, 0.717) is 0 Å². The highest BCUT2D eigenvalue weighted by molar-refractivity contribution is 5.85. The molecule has 2 fully saturated rings. The van der Waals surface area contributed by atoms with Crippen molar-refractivity contribution >= 4 is 23.3 Å². The summed E-state index contributed by atoms with van der Waals surface area (Å²) in [4.78, 5) is 2.59. The lowest BCUT2D eigenvalue weighted by Crippen LogP contribution is -2.25. The molecular weight excluding hydrogens is 284 g/mol. The van der Waals surface area contributed by atoms with E-state index in [1.807, 2.05) is 0 Å². The first-order valence-electron chi connectivity index (χ1n) is 7.72. The van der Waals surface area contributed by atoms with E-state index in [4.69, 9.17) is 5.10 Å². The zero-order valence-corrected chi connectivity index (χ0v) is 13.3. The highest BCUT2D eigenvalue weighted by Gasteiger charge is 2.36. The molecule has 1 aromatic heterocycles. The summed E-state index contributed by atoms with van der Waals surface area (Å²) in [6.07, 6.45) is 0. The van der Waals surface area contributed by atoms with Gasteiger partial charge in [-0.05, 0) is 37.9 Å². The molecule has 5 heteroatoms. The van der Waals surface area contributed by atoms with Crippen molar-refractivity contribution < 1.29 is 0 Å². The Balaban J connectivity index is 0.00000132. The van der Waals surface area contributed by atoms with E-state index in [-0.39, 0.29) is 12.4 Å². The maximum absolute atomic E-state index is 4.82. The fraction of sp³-hybridized carbons (Fsp3) is 0.562. The van der Waals surface area contributed by atoms with E-state index in [1.165, 1.54) is 42.8 Å². The molecule has 2 aromatic rings. The predicted molar refractivity (Wildman–Crippen MR) is 87.8 cm³/mol. The third-order valence-electron chi connectivity index (χ3n) is 4.87. The van der Waals surface area contributed by atoms with E-state index < -0.39 is 0 Å². The molecule has 1 aromatic carbocycles. The van der Waals surface area contributed by atoms with Crippen LogP contribution in [-0.4, -0.2) is 40.9 Å². The van der Waals surface area contributed by atoms with E-state index in [9.17, 15) is 0 Å². The van der Waals surface area contributed by atoms with Crippen molar-refractivity contribution in [1.29, 1.82) is 0 Å². The SMILES string of the molecule is CCn1nc(CN2C[C@H]3CNC[C@H]3C2)c2ccccc21.Cl. The number of hydrogen-bond donors (Lipinski definition) is 1. The van der Waals surface area contributed by atoms with Crippen molar-refractivity contribution in [2.75, 3.05) is 26.2 Å². The predicted octanol–water partition coefficient (Wildman–Crippen LogP) is 2.13. The van der Waals surface area contributed by atoms with Gasteiger partial charge in [0.1, 0.15) is 0 Å². The van der Waals surface area contributed by atoms with Crippen LogP contribution in [0.3, 0.4) is 0 Å². The molecule has 0 unspecified atom stereocenters. The van der Waals surface area contributed by atoms with Crippen LogP contribution in [0.5, 0.6) is 0 Å². The number of benzene rings is 1. The van der Waals surface area contributed by atoms with Crippen LogP contribution in [0.1, 0.15) is 12.6 Å². The summed E-state index contributed by atoms with van der Waals surface area (Å²) in [5.41, 5.74) is 2.52. The van der Waals surface area contributed by atoms with Crippen LogP contribution in [0.2, 0.25) is 0 Å². The quantitative estimate of drug-likeness (QED) is 0.943. The summed E-state index contributed by atoms with van der Waals surface area (Å²) in [7, 11) is 0. The van der Waals surface area contributed by atoms with Gasteiger partial charge in [0.2, 0.25) is 0 Å². The van der Waals surface area contributed by atoms with Gasteiger partial charge in [0.05, 0.1) is 11.2 Å². The summed E-state index contributed by atoms with van der Waals surface area (Å²) in [6, 6.07) is 8.61. The van der Waals surface area contributed by atoms with Crippen molar-refractivity contribution in [2.24, 2.45) is 11.8 Å². The maximum atomic E-state index is 4.82. The van der Waals surface area contributed by atoms with E-state index >= 15 is 0 Å². The number of likely N-dealkylation sites (tertiary alicyclic amines) is 1. The van der Waals surface area contributed by atoms with Crippen molar-refractivity contribution in [3.63, 3.8) is 0 Å².